The number of hydrogen-bond acceptors (Lipinski definition) is 3. The van der Waals surface area contributed by atoms with Crippen molar-refractivity contribution >= 4 is 33.8 Å². The van der Waals surface area contributed by atoms with Crippen molar-refractivity contribution in [1.82, 2.24) is 0 Å². The minimum absolute atomic E-state index is 0.229. The number of fused-ring (bicyclic) bond motifs is 1. The highest BCUT2D eigenvalue weighted by molar-refractivity contribution is 7.16. The number of benzene rings is 1. The maximum atomic E-state index is 12.5. The normalized spacial score (nSPS) is 16.7. The van der Waals surface area contributed by atoms with E-state index in [1.165, 1.54) is 4.88 Å². The Hall–Kier alpha value is -1.83. The molecular formula is C21H23ClN2OS. The SMILES string of the molecule is CCC(C)(C)C1CCc2c(sc(NC(=O)c3cccc(Cl)c3)c2C#N)C1. The summed E-state index contributed by atoms with van der Waals surface area (Å²) in [5.74, 6) is 0.384. The summed E-state index contributed by atoms with van der Waals surface area (Å²) < 4.78 is 0. The maximum absolute atomic E-state index is 12.5. The van der Waals surface area contributed by atoms with Crippen LogP contribution in [0.25, 0.3) is 0 Å². The van der Waals surface area contributed by atoms with Gasteiger partial charge in [0.2, 0.25) is 0 Å². The van der Waals surface area contributed by atoms with Gasteiger partial charge in [0.15, 0.2) is 0 Å². The number of carbonyl (C=O) groups is 1. The van der Waals surface area contributed by atoms with Gasteiger partial charge in [-0.1, -0.05) is 44.9 Å². The number of hydrogen-bond donors (Lipinski definition) is 1. The number of nitrogens with zero attached hydrogens (tertiary/aromatic N) is 1. The molecule has 26 heavy (non-hydrogen) atoms. The van der Waals surface area contributed by atoms with Gasteiger partial charge in [-0.25, -0.2) is 0 Å². The second kappa shape index (κ2) is 7.42. The Kier molecular flexibility index (Phi) is 5.41. The highest BCUT2D eigenvalue weighted by Gasteiger charge is 2.34. The van der Waals surface area contributed by atoms with Crippen LogP contribution in [-0.2, 0) is 12.8 Å². The first-order valence-corrected chi connectivity index (χ1v) is 10.2. The summed E-state index contributed by atoms with van der Waals surface area (Å²) in [4.78, 5) is 13.8. The van der Waals surface area contributed by atoms with Gasteiger partial charge in [-0.05, 0) is 54.4 Å². The molecule has 1 heterocycles. The molecule has 1 N–H and O–H groups in total. The standard InChI is InChI=1S/C21H23ClN2OS/c1-4-21(2,3)14-8-9-16-17(12-23)20(26-18(16)11-14)24-19(25)13-6-5-7-15(22)10-13/h5-7,10,14H,4,8-9,11H2,1-3H3,(H,24,25). The molecule has 1 amide bonds. The molecule has 0 saturated carbocycles. The third kappa shape index (κ3) is 3.65. The predicted octanol–water partition coefficient (Wildman–Crippen LogP) is 6.07. The molecule has 0 aliphatic heterocycles. The smallest absolute Gasteiger partial charge is 0.256 e. The summed E-state index contributed by atoms with van der Waals surface area (Å²) in [6, 6.07) is 9.15. The topological polar surface area (TPSA) is 52.9 Å². The minimum Gasteiger partial charge on any atom is -0.312 e. The Labute approximate surface area is 164 Å². The zero-order valence-electron chi connectivity index (χ0n) is 15.4. The molecule has 0 spiro atoms. The first-order valence-electron chi connectivity index (χ1n) is 8.97. The van der Waals surface area contributed by atoms with Gasteiger partial charge in [0, 0.05) is 15.5 Å². The molecule has 0 fully saturated rings. The van der Waals surface area contributed by atoms with E-state index in [0.717, 1.165) is 31.2 Å². The van der Waals surface area contributed by atoms with Crippen LogP contribution < -0.4 is 5.32 Å². The molecule has 0 radical (unpaired) electrons. The van der Waals surface area contributed by atoms with E-state index in [2.05, 4.69) is 32.2 Å². The van der Waals surface area contributed by atoms with Crippen molar-refractivity contribution in [3.63, 3.8) is 0 Å². The van der Waals surface area contributed by atoms with Crippen LogP contribution in [-0.4, -0.2) is 5.91 Å². The van der Waals surface area contributed by atoms with Crippen molar-refractivity contribution in [3.05, 3.63) is 50.9 Å². The number of nitriles is 1. The van der Waals surface area contributed by atoms with Crippen LogP contribution in [0.4, 0.5) is 5.00 Å². The molecule has 5 heteroatoms. The largest absolute Gasteiger partial charge is 0.312 e. The van der Waals surface area contributed by atoms with Gasteiger partial charge in [0.25, 0.3) is 5.91 Å². The monoisotopic (exact) mass is 386 g/mol. The van der Waals surface area contributed by atoms with E-state index in [-0.39, 0.29) is 5.91 Å². The first-order chi connectivity index (χ1) is 12.4. The van der Waals surface area contributed by atoms with Crippen LogP contribution in [0.2, 0.25) is 5.02 Å². The lowest BCUT2D eigenvalue weighted by Gasteiger charge is -2.36. The number of amides is 1. The quantitative estimate of drug-likeness (QED) is 0.693. The fourth-order valence-corrected chi connectivity index (χ4v) is 5.02. The van der Waals surface area contributed by atoms with Gasteiger partial charge < -0.3 is 5.32 Å². The third-order valence-electron chi connectivity index (χ3n) is 5.71. The number of carbonyl (C=O) groups excluding carboxylic acids is 1. The summed E-state index contributed by atoms with van der Waals surface area (Å²) in [5, 5.41) is 13.8. The Morgan fingerprint density at radius 2 is 2.23 bits per heavy atom. The Morgan fingerprint density at radius 1 is 1.46 bits per heavy atom. The average Bonchev–Trinajstić information content (AvgIpc) is 2.97. The molecule has 2 aromatic rings. The molecule has 136 valence electrons. The summed E-state index contributed by atoms with van der Waals surface area (Å²) in [5.41, 5.74) is 2.55. The maximum Gasteiger partial charge on any atom is 0.256 e. The molecule has 1 atom stereocenters. The van der Waals surface area contributed by atoms with Gasteiger partial charge in [-0.3, -0.25) is 4.79 Å². The molecule has 1 aromatic carbocycles. The van der Waals surface area contributed by atoms with Gasteiger partial charge in [-0.15, -0.1) is 11.3 Å². The average molecular weight is 387 g/mol. The van der Waals surface area contributed by atoms with E-state index in [9.17, 15) is 10.1 Å². The van der Waals surface area contributed by atoms with Crippen LogP contribution >= 0.6 is 22.9 Å². The lowest BCUT2D eigenvalue weighted by Crippen LogP contribution is -2.28. The second-order valence-corrected chi connectivity index (χ2v) is 9.11. The molecule has 1 aliphatic carbocycles. The molecular weight excluding hydrogens is 364 g/mol. The lowest BCUT2D eigenvalue weighted by atomic mass is 9.69. The molecule has 0 saturated heterocycles. The van der Waals surface area contributed by atoms with Gasteiger partial charge in [0.1, 0.15) is 11.1 Å². The van der Waals surface area contributed by atoms with E-state index in [1.54, 1.807) is 35.6 Å². The summed E-state index contributed by atoms with van der Waals surface area (Å²) in [6.45, 7) is 6.88. The Bertz CT molecular complexity index is 879. The third-order valence-corrected chi connectivity index (χ3v) is 7.11. The number of thiophene rings is 1. The number of nitrogens with one attached hydrogen (secondary N) is 1. The zero-order chi connectivity index (χ0) is 18.9. The molecule has 3 rings (SSSR count). The van der Waals surface area contributed by atoms with Crippen molar-refractivity contribution in [3.8, 4) is 6.07 Å². The second-order valence-electron chi connectivity index (χ2n) is 7.57. The van der Waals surface area contributed by atoms with E-state index in [4.69, 9.17) is 11.6 Å². The van der Waals surface area contributed by atoms with E-state index < -0.39 is 0 Å². The van der Waals surface area contributed by atoms with Gasteiger partial charge in [0.05, 0.1) is 5.56 Å². The number of halogens is 1. The van der Waals surface area contributed by atoms with Gasteiger partial charge >= 0.3 is 0 Å². The van der Waals surface area contributed by atoms with E-state index in [1.807, 2.05) is 0 Å². The fourth-order valence-electron chi connectivity index (χ4n) is 3.55. The highest BCUT2D eigenvalue weighted by Crippen LogP contribution is 2.45. The van der Waals surface area contributed by atoms with Crippen molar-refractivity contribution in [2.75, 3.05) is 5.32 Å². The molecule has 0 bridgehead atoms. The lowest BCUT2D eigenvalue weighted by molar-refractivity contribution is 0.102. The van der Waals surface area contributed by atoms with Gasteiger partial charge in [-0.2, -0.15) is 5.26 Å². The van der Waals surface area contributed by atoms with E-state index >= 15 is 0 Å². The first kappa shape index (κ1) is 18.9. The van der Waals surface area contributed by atoms with Crippen LogP contribution in [0.3, 0.4) is 0 Å². The molecule has 1 unspecified atom stereocenters. The summed E-state index contributed by atoms with van der Waals surface area (Å²) >= 11 is 7.53. The number of anilines is 1. The Morgan fingerprint density at radius 3 is 2.88 bits per heavy atom. The van der Waals surface area contributed by atoms with Crippen LogP contribution in [0.1, 0.15) is 60.0 Å². The Balaban J connectivity index is 1.87. The number of rotatable bonds is 4. The molecule has 1 aromatic heterocycles. The van der Waals surface area contributed by atoms with Crippen molar-refractivity contribution in [2.24, 2.45) is 11.3 Å². The van der Waals surface area contributed by atoms with Crippen LogP contribution in [0, 0.1) is 22.7 Å². The van der Waals surface area contributed by atoms with E-state index in [0.29, 0.717) is 32.5 Å². The highest BCUT2D eigenvalue weighted by atomic mass is 35.5. The molecule has 1 aliphatic rings. The van der Waals surface area contributed by atoms with Crippen molar-refractivity contribution < 1.29 is 4.79 Å². The molecule has 3 nitrogen and oxygen atoms in total. The predicted molar refractivity (Wildman–Crippen MR) is 108 cm³/mol. The minimum atomic E-state index is -0.229. The van der Waals surface area contributed by atoms with Crippen LogP contribution in [0.5, 0.6) is 0 Å². The summed E-state index contributed by atoms with van der Waals surface area (Å²) in [6.07, 6.45) is 4.14. The zero-order valence-corrected chi connectivity index (χ0v) is 16.9. The fraction of sp³-hybridized carbons (Fsp3) is 0.429. The van der Waals surface area contributed by atoms with Crippen molar-refractivity contribution in [2.45, 2.75) is 46.5 Å². The van der Waals surface area contributed by atoms with Crippen molar-refractivity contribution in [1.29, 1.82) is 5.26 Å². The van der Waals surface area contributed by atoms with Crippen LogP contribution in [0.15, 0.2) is 24.3 Å². The summed E-state index contributed by atoms with van der Waals surface area (Å²) in [7, 11) is 0.